The Balaban J connectivity index is 1.98. The highest BCUT2D eigenvalue weighted by molar-refractivity contribution is 7.88. The normalized spacial score (nSPS) is 24.5. The second kappa shape index (κ2) is 8.44. The number of carbonyl (C=O) groups is 2. The predicted octanol–water partition coefficient (Wildman–Crippen LogP) is 2.06. The summed E-state index contributed by atoms with van der Waals surface area (Å²) >= 11 is 0. The maximum absolute atomic E-state index is 13.4. The van der Waals surface area contributed by atoms with Crippen LogP contribution in [0.1, 0.15) is 51.5 Å². The first-order valence-corrected chi connectivity index (χ1v) is 12.2. The van der Waals surface area contributed by atoms with E-state index in [1.807, 2.05) is 25.1 Å². The van der Waals surface area contributed by atoms with Crippen LogP contribution in [0.2, 0.25) is 0 Å². The minimum absolute atomic E-state index is 0.0630. The molecule has 2 amide bonds. The minimum Gasteiger partial charge on any atom is -0.351 e. The Morgan fingerprint density at radius 1 is 1.24 bits per heavy atom. The van der Waals surface area contributed by atoms with Crippen molar-refractivity contribution in [3.63, 3.8) is 0 Å². The minimum atomic E-state index is -3.61. The predicted molar refractivity (Wildman–Crippen MR) is 113 cm³/mol. The summed E-state index contributed by atoms with van der Waals surface area (Å²) in [7, 11) is -3.61. The summed E-state index contributed by atoms with van der Waals surface area (Å²) in [6.45, 7) is 3.37. The average Bonchev–Trinajstić information content (AvgIpc) is 2.67. The van der Waals surface area contributed by atoms with Crippen molar-refractivity contribution in [2.24, 2.45) is 0 Å². The van der Waals surface area contributed by atoms with Gasteiger partial charge in [0.05, 0.1) is 12.8 Å². The molecule has 1 aromatic carbocycles. The van der Waals surface area contributed by atoms with Crippen LogP contribution in [0.3, 0.4) is 0 Å². The van der Waals surface area contributed by atoms with Crippen molar-refractivity contribution in [2.45, 2.75) is 64.0 Å². The molecule has 2 aliphatic rings. The van der Waals surface area contributed by atoms with E-state index in [2.05, 4.69) is 5.32 Å². The van der Waals surface area contributed by atoms with Crippen LogP contribution in [0.25, 0.3) is 0 Å². The molecule has 1 heterocycles. The Hall–Kier alpha value is -1.93. The number of carbonyl (C=O) groups excluding carboxylic acids is 2. The van der Waals surface area contributed by atoms with E-state index in [1.165, 1.54) is 11.3 Å². The van der Waals surface area contributed by atoms with E-state index in [-0.39, 0.29) is 25.0 Å². The van der Waals surface area contributed by atoms with Crippen LogP contribution in [0.4, 0.5) is 5.69 Å². The molecule has 0 spiro atoms. The van der Waals surface area contributed by atoms with Crippen LogP contribution in [-0.4, -0.2) is 55.5 Å². The molecular weight excluding hydrogens is 390 g/mol. The highest BCUT2D eigenvalue weighted by atomic mass is 32.2. The lowest BCUT2D eigenvalue weighted by Crippen LogP contribution is -2.70. The number of anilines is 1. The molecule has 1 aromatic rings. The van der Waals surface area contributed by atoms with Crippen LogP contribution >= 0.6 is 0 Å². The Labute approximate surface area is 173 Å². The lowest BCUT2D eigenvalue weighted by molar-refractivity contribution is -0.133. The molecule has 1 saturated heterocycles. The second-order valence-electron chi connectivity index (χ2n) is 8.37. The van der Waals surface area contributed by atoms with Crippen LogP contribution < -0.4 is 10.2 Å². The largest absolute Gasteiger partial charge is 0.351 e. The molecule has 1 saturated carbocycles. The van der Waals surface area contributed by atoms with Gasteiger partial charge in [0.15, 0.2) is 0 Å². The quantitative estimate of drug-likeness (QED) is 0.788. The Bertz CT molecular complexity index is 880. The number of piperazine rings is 1. The van der Waals surface area contributed by atoms with Gasteiger partial charge in [-0.1, -0.05) is 38.3 Å². The Kier molecular flexibility index (Phi) is 6.33. The number of nitrogens with one attached hydrogen (secondary N) is 1. The molecule has 7 nitrogen and oxygen atoms in total. The number of aryl methyl sites for hydroxylation is 1. The summed E-state index contributed by atoms with van der Waals surface area (Å²) in [4.78, 5) is 28.0. The maximum atomic E-state index is 13.4. The Morgan fingerprint density at radius 3 is 2.55 bits per heavy atom. The highest BCUT2D eigenvalue weighted by Gasteiger charge is 2.50. The highest BCUT2D eigenvalue weighted by Crippen LogP contribution is 2.32. The standard InChI is InChI=1S/C21H31N3O4S/c1-4-16-9-8-12-18(13-16)24-19(25)14-23(29(3,27)28)15-21(24,2)20(26)22-17-10-6-5-7-11-17/h8-9,12-13,17H,4-7,10-11,14-15H2,1-3H3,(H,22,26). The van der Waals surface area contributed by atoms with Crippen molar-refractivity contribution in [3.05, 3.63) is 29.8 Å². The summed E-state index contributed by atoms with van der Waals surface area (Å²) in [5, 5.41) is 3.10. The number of benzene rings is 1. The molecule has 1 aliphatic heterocycles. The smallest absolute Gasteiger partial charge is 0.247 e. The van der Waals surface area contributed by atoms with Crippen molar-refractivity contribution < 1.29 is 18.0 Å². The number of hydrogen-bond acceptors (Lipinski definition) is 4. The number of rotatable bonds is 5. The van der Waals surface area contributed by atoms with Gasteiger partial charge >= 0.3 is 0 Å². The third kappa shape index (κ3) is 4.64. The van der Waals surface area contributed by atoms with Crippen molar-refractivity contribution in [1.29, 1.82) is 0 Å². The molecule has 29 heavy (non-hydrogen) atoms. The van der Waals surface area contributed by atoms with Crippen molar-refractivity contribution in [2.75, 3.05) is 24.2 Å². The van der Waals surface area contributed by atoms with Crippen LogP contribution in [-0.2, 0) is 26.0 Å². The maximum Gasteiger partial charge on any atom is 0.247 e. The van der Waals surface area contributed by atoms with Gasteiger partial charge in [0.2, 0.25) is 21.8 Å². The summed E-state index contributed by atoms with van der Waals surface area (Å²) < 4.78 is 25.5. The number of sulfonamides is 1. The molecule has 1 atom stereocenters. The van der Waals surface area contributed by atoms with Gasteiger partial charge in [-0.05, 0) is 43.9 Å². The first kappa shape index (κ1) is 21.8. The fourth-order valence-electron chi connectivity index (χ4n) is 4.31. The van der Waals surface area contributed by atoms with E-state index in [0.29, 0.717) is 5.69 Å². The molecule has 2 fully saturated rings. The average molecular weight is 422 g/mol. The fraction of sp³-hybridized carbons (Fsp3) is 0.619. The van der Waals surface area contributed by atoms with Crippen LogP contribution in [0, 0.1) is 0 Å². The van der Waals surface area contributed by atoms with E-state index >= 15 is 0 Å². The lowest BCUT2D eigenvalue weighted by Gasteiger charge is -2.47. The van der Waals surface area contributed by atoms with Crippen molar-refractivity contribution in [1.82, 2.24) is 9.62 Å². The molecule has 1 N–H and O–H groups in total. The molecule has 8 heteroatoms. The molecule has 3 rings (SSSR count). The molecule has 1 unspecified atom stereocenters. The third-order valence-corrected chi connectivity index (χ3v) is 7.21. The first-order valence-electron chi connectivity index (χ1n) is 10.3. The van der Waals surface area contributed by atoms with E-state index in [9.17, 15) is 18.0 Å². The molecular formula is C21H31N3O4S. The second-order valence-corrected chi connectivity index (χ2v) is 10.3. The third-order valence-electron chi connectivity index (χ3n) is 6.01. The number of hydrogen-bond donors (Lipinski definition) is 1. The van der Waals surface area contributed by atoms with Gasteiger partial charge in [-0.2, -0.15) is 4.31 Å². The molecule has 1 aliphatic carbocycles. The van der Waals surface area contributed by atoms with Gasteiger partial charge in [-0.3, -0.25) is 14.5 Å². The van der Waals surface area contributed by atoms with Crippen LogP contribution in [0.5, 0.6) is 0 Å². The first-order chi connectivity index (χ1) is 13.6. The van der Waals surface area contributed by atoms with Gasteiger partial charge in [0.1, 0.15) is 5.54 Å². The number of amides is 2. The topological polar surface area (TPSA) is 86.8 Å². The van der Waals surface area contributed by atoms with Crippen molar-refractivity contribution >= 4 is 27.5 Å². The van der Waals surface area contributed by atoms with Gasteiger partial charge in [0.25, 0.3) is 0 Å². The van der Waals surface area contributed by atoms with Crippen LogP contribution in [0.15, 0.2) is 24.3 Å². The van der Waals surface area contributed by atoms with Gasteiger partial charge < -0.3 is 5.32 Å². The van der Waals surface area contributed by atoms with E-state index in [1.54, 1.807) is 13.0 Å². The molecule has 160 valence electrons. The SMILES string of the molecule is CCc1cccc(N2C(=O)CN(S(C)(=O)=O)CC2(C)C(=O)NC2CCCCC2)c1. The van der Waals surface area contributed by atoms with Crippen molar-refractivity contribution in [3.8, 4) is 0 Å². The van der Waals surface area contributed by atoms with Gasteiger partial charge in [-0.25, -0.2) is 8.42 Å². The summed E-state index contributed by atoms with van der Waals surface area (Å²) in [5.41, 5.74) is 0.363. The summed E-state index contributed by atoms with van der Waals surface area (Å²) in [5.74, 6) is -0.691. The zero-order chi connectivity index (χ0) is 21.2. The summed E-state index contributed by atoms with van der Waals surface area (Å²) in [6.07, 6.45) is 7.01. The summed E-state index contributed by atoms with van der Waals surface area (Å²) in [6, 6.07) is 7.62. The zero-order valence-electron chi connectivity index (χ0n) is 17.5. The molecule has 0 aromatic heterocycles. The van der Waals surface area contributed by atoms with E-state index < -0.39 is 21.5 Å². The molecule has 0 bridgehead atoms. The van der Waals surface area contributed by atoms with Gasteiger partial charge in [-0.15, -0.1) is 0 Å². The molecule has 0 radical (unpaired) electrons. The van der Waals surface area contributed by atoms with E-state index in [4.69, 9.17) is 0 Å². The Morgan fingerprint density at radius 2 is 1.93 bits per heavy atom. The lowest BCUT2D eigenvalue weighted by atomic mass is 9.91. The zero-order valence-corrected chi connectivity index (χ0v) is 18.3. The number of nitrogens with zero attached hydrogens (tertiary/aromatic N) is 2. The monoisotopic (exact) mass is 421 g/mol. The fourth-order valence-corrected chi connectivity index (χ4v) is 5.14. The van der Waals surface area contributed by atoms with E-state index in [0.717, 1.165) is 48.2 Å². The van der Waals surface area contributed by atoms with Gasteiger partial charge in [0, 0.05) is 18.3 Å².